The molecule has 2 aromatic heterocycles. The number of hydrogen-bond acceptors (Lipinski definition) is 8. The molecule has 0 aliphatic carbocycles. The van der Waals surface area contributed by atoms with Crippen molar-refractivity contribution in [2.45, 2.75) is 32.7 Å². The van der Waals surface area contributed by atoms with E-state index in [1.54, 1.807) is 13.4 Å². The summed E-state index contributed by atoms with van der Waals surface area (Å²) in [6, 6.07) is 8.59. The maximum atomic E-state index is 13.1. The molecule has 1 aromatic carbocycles. The fraction of sp³-hybridized carbons (Fsp3) is 0.500. The molecule has 4 heterocycles. The van der Waals surface area contributed by atoms with Gasteiger partial charge in [0.2, 0.25) is 0 Å². The summed E-state index contributed by atoms with van der Waals surface area (Å²) in [6.45, 7) is 10.5. The van der Waals surface area contributed by atoms with Gasteiger partial charge >= 0.3 is 0 Å². The van der Waals surface area contributed by atoms with Crippen molar-refractivity contribution in [1.82, 2.24) is 20.2 Å². The number of ether oxygens (including phenoxy) is 1. The Kier molecular flexibility index (Phi) is 7.06. The molecule has 9 heteroatoms. The number of amides is 1. The number of fused-ring (bicyclic) bond motifs is 1. The van der Waals surface area contributed by atoms with Crippen LogP contribution >= 0.6 is 11.3 Å². The topological polar surface area (TPSA) is 73.8 Å². The minimum Gasteiger partial charge on any atom is -0.495 e. The molecule has 0 radical (unpaired) electrons. The van der Waals surface area contributed by atoms with Crippen molar-refractivity contribution in [2.75, 3.05) is 62.7 Å². The van der Waals surface area contributed by atoms with E-state index in [0.717, 1.165) is 83.6 Å². The van der Waals surface area contributed by atoms with Crippen LogP contribution in [0.15, 0.2) is 30.6 Å². The Hall–Kier alpha value is -2.91. The summed E-state index contributed by atoms with van der Waals surface area (Å²) in [5.41, 5.74) is 2.10. The van der Waals surface area contributed by atoms with Crippen molar-refractivity contribution in [1.29, 1.82) is 0 Å². The molecule has 1 amide bonds. The van der Waals surface area contributed by atoms with Crippen molar-refractivity contribution in [3.63, 3.8) is 0 Å². The second-order valence-corrected chi connectivity index (χ2v) is 10.2. The van der Waals surface area contributed by atoms with Crippen LogP contribution in [0.25, 0.3) is 10.2 Å². The summed E-state index contributed by atoms with van der Waals surface area (Å²) in [4.78, 5) is 31.1. The number of aromatic nitrogens is 2. The standard InChI is InChI=1S/C26H34N6O2S/c1-4-30-11-7-8-19(30)16-27-25(33)23-18(2)22-24(28-17-29-26(22)35-23)32-14-12-31(13-15-32)20-9-5-6-10-21(20)34-3/h5-6,9-10,17,19H,4,7-8,11-16H2,1-3H3,(H,27,33). The molecule has 2 aliphatic heterocycles. The Morgan fingerprint density at radius 1 is 1.14 bits per heavy atom. The number of aryl methyl sites for hydroxylation is 1. The lowest BCUT2D eigenvalue weighted by Crippen LogP contribution is -2.47. The number of carbonyl (C=O) groups excluding carboxylic acids is 1. The quantitative estimate of drug-likeness (QED) is 0.538. The monoisotopic (exact) mass is 494 g/mol. The predicted molar refractivity (Wildman–Crippen MR) is 142 cm³/mol. The number of likely N-dealkylation sites (N-methyl/N-ethyl adjacent to an activating group) is 1. The zero-order valence-corrected chi connectivity index (χ0v) is 21.6. The maximum absolute atomic E-state index is 13.1. The first-order valence-electron chi connectivity index (χ1n) is 12.5. The molecular formula is C26H34N6O2S. The molecule has 0 spiro atoms. The van der Waals surface area contributed by atoms with Gasteiger partial charge in [-0.25, -0.2) is 9.97 Å². The van der Waals surface area contributed by atoms with Crippen LogP contribution < -0.4 is 19.9 Å². The smallest absolute Gasteiger partial charge is 0.261 e. The minimum absolute atomic E-state index is 0.000366. The summed E-state index contributed by atoms with van der Waals surface area (Å²) < 4.78 is 5.56. The lowest BCUT2D eigenvalue weighted by Gasteiger charge is -2.37. The Balaban J connectivity index is 1.31. The molecule has 1 unspecified atom stereocenters. The van der Waals surface area contributed by atoms with Crippen LogP contribution in [-0.2, 0) is 0 Å². The van der Waals surface area contributed by atoms with Crippen LogP contribution in [0.5, 0.6) is 5.75 Å². The third-order valence-electron chi connectivity index (χ3n) is 7.32. The predicted octanol–water partition coefficient (Wildman–Crippen LogP) is 3.55. The molecule has 1 atom stereocenters. The first-order valence-corrected chi connectivity index (χ1v) is 13.3. The highest BCUT2D eigenvalue weighted by atomic mass is 32.1. The van der Waals surface area contributed by atoms with Gasteiger partial charge in [0.05, 0.1) is 23.1 Å². The molecule has 0 saturated carbocycles. The van der Waals surface area contributed by atoms with Gasteiger partial charge in [0.15, 0.2) is 0 Å². The molecule has 3 aromatic rings. The lowest BCUT2D eigenvalue weighted by atomic mass is 10.1. The molecule has 2 saturated heterocycles. The van der Waals surface area contributed by atoms with Gasteiger partial charge in [-0.15, -0.1) is 11.3 Å². The second kappa shape index (κ2) is 10.4. The van der Waals surface area contributed by atoms with Gasteiger partial charge < -0.3 is 19.9 Å². The van der Waals surface area contributed by atoms with E-state index in [1.165, 1.54) is 17.8 Å². The van der Waals surface area contributed by atoms with E-state index >= 15 is 0 Å². The normalized spacial score (nSPS) is 18.9. The highest BCUT2D eigenvalue weighted by Gasteiger charge is 2.27. The van der Waals surface area contributed by atoms with Gasteiger partial charge in [0.25, 0.3) is 5.91 Å². The number of nitrogens with one attached hydrogen (secondary N) is 1. The Labute approximate surface area is 210 Å². The Morgan fingerprint density at radius 2 is 1.91 bits per heavy atom. The van der Waals surface area contributed by atoms with Crippen molar-refractivity contribution >= 4 is 39.0 Å². The summed E-state index contributed by atoms with van der Waals surface area (Å²) >= 11 is 1.47. The van der Waals surface area contributed by atoms with Crippen LogP contribution in [-0.4, -0.2) is 79.7 Å². The molecular weight excluding hydrogens is 460 g/mol. The summed E-state index contributed by atoms with van der Waals surface area (Å²) in [5, 5.41) is 4.19. The lowest BCUT2D eigenvalue weighted by molar-refractivity contribution is 0.0945. The number of methoxy groups -OCH3 is 1. The average molecular weight is 495 g/mol. The van der Waals surface area contributed by atoms with E-state index < -0.39 is 0 Å². The van der Waals surface area contributed by atoms with Gasteiger partial charge in [-0.05, 0) is 50.6 Å². The van der Waals surface area contributed by atoms with E-state index in [9.17, 15) is 4.79 Å². The number of anilines is 2. The van der Waals surface area contributed by atoms with Crippen LogP contribution in [0, 0.1) is 6.92 Å². The van der Waals surface area contributed by atoms with Crippen molar-refractivity contribution < 1.29 is 9.53 Å². The number of likely N-dealkylation sites (tertiary alicyclic amines) is 1. The number of rotatable bonds is 7. The largest absolute Gasteiger partial charge is 0.495 e. The van der Waals surface area contributed by atoms with Gasteiger partial charge in [-0.2, -0.15) is 0 Å². The first-order chi connectivity index (χ1) is 17.1. The third kappa shape index (κ3) is 4.67. The van der Waals surface area contributed by atoms with Gasteiger partial charge in [0, 0.05) is 38.8 Å². The van der Waals surface area contributed by atoms with Crippen molar-refractivity contribution in [3.05, 3.63) is 41.0 Å². The van der Waals surface area contributed by atoms with Crippen LogP contribution in [0.3, 0.4) is 0 Å². The van der Waals surface area contributed by atoms with E-state index in [1.807, 2.05) is 25.1 Å². The summed E-state index contributed by atoms with van der Waals surface area (Å²) in [5.74, 6) is 1.82. The average Bonchev–Trinajstić information content (AvgIpc) is 3.51. The van der Waals surface area contributed by atoms with Gasteiger partial charge in [-0.1, -0.05) is 19.1 Å². The molecule has 2 aliphatic rings. The Bertz CT molecular complexity index is 1190. The summed E-state index contributed by atoms with van der Waals surface area (Å²) in [7, 11) is 1.72. The number of carbonyl (C=O) groups is 1. The third-order valence-corrected chi connectivity index (χ3v) is 8.52. The van der Waals surface area contributed by atoms with E-state index in [0.29, 0.717) is 12.6 Å². The number of hydrogen-bond donors (Lipinski definition) is 1. The number of benzene rings is 1. The molecule has 1 N–H and O–H groups in total. The Morgan fingerprint density at radius 3 is 2.69 bits per heavy atom. The van der Waals surface area contributed by atoms with Crippen molar-refractivity contribution in [3.8, 4) is 5.75 Å². The zero-order valence-electron chi connectivity index (χ0n) is 20.8. The fourth-order valence-electron chi connectivity index (χ4n) is 5.39. The molecule has 35 heavy (non-hydrogen) atoms. The van der Waals surface area contributed by atoms with Gasteiger partial charge in [-0.3, -0.25) is 9.69 Å². The number of para-hydroxylation sites is 2. The highest BCUT2D eigenvalue weighted by Crippen LogP contribution is 2.36. The number of thiophene rings is 1. The minimum atomic E-state index is 0.000366. The molecule has 0 bridgehead atoms. The van der Waals surface area contributed by atoms with Crippen LogP contribution in [0.1, 0.15) is 35.0 Å². The molecule has 8 nitrogen and oxygen atoms in total. The van der Waals surface area contributed by atoms with Crippen LogP contribution in [0.2, 0.25) is 0 Å². The van der Waals surface area contributed by atoms with E-state index in [-0.39, 0.29) is 5.91 Å². The summed E-state index contributed by atoms with van der Waals surface area (Å²) in [6.07, 6.45) is 3.98. The number of piperazine rings is 1. The molecule has 2 fully saturated rings. The van der Waals surface area contributed by atoms with Crippen molar-refractivity contribution in [2.24, 2.45) is 0 Å². The van der Waals surface area contributed by atoms with Gasteiger partial charge in [0.1, 0.15) is 22.7 Å². The number of nitrogens with zero attached hydrogens (tertiary/aromatic N) is 5. The second-order valence-electron chi connectivity index (χ2n) is 9.21. The molecule has 186 valence electrons. The molecule has 5 rings (SSSR count). The van der Waals surface area contributed by atoms with E-state index in [4.69, 9.17) is 4.74 Å². The van der Waals surface area contributed by atoms with E-state index in [2.05, 4.69) is 43.0 Å². The SMILES string of the molecule is CCN1CCCC1CNC(=O)c1sc2ncnc(N3CCN(c4ccccc4OC)CC3)c2c1C. The zero-order chi connectivity index (χ0) is 24.4. The highest BCUT2D eigenvalue weighted by molar-refractivity contribution is 7.20. The van der Waals surface area contributed by atoms with Crippen LogP contribution in [0.4, 0.5) is 11.5 Å². The first kappa shape index (κ1) is 23.8. The maximum Gasteiger partial charge on any atom is 0.261 e. The fourth-order valence-corrected chi connectivity index (χ4v) is 6.45.